The molecule has 6 aliphatic rings. The van der Waals surface area contributed by atoms with Crippen LogP contribution in [-0.4, -0.2) is 34.8 Å². The van der Waals surface area contributed by atoms with Gasteiger partial charge >= 0.3 is 11.9 Å². The number of fused-ring (bicyclic) bond motifs is 7. The summed E-state index contributed by atoms with van der Waals surface area (Å²) >= 11 is 6.18. The Morgan fingerprint density at radius 2 is 1.57 bits per heavy atom. The van der Waals surface area contributed by atoms with Crippen molar-refractivity contribution in [3.63, 3.8) is 0 Å². The van der Waals surface area contributed by atoms with Gasteiger partial charge in [0.25, 0.3) is 0 Å². The molecule has 8 atom stereocenters. The molecule has 56 heavy (non-hydrogen) atoms. The van der Waals surface area contributed by atoms with Crippen LogP contribution in [-0.2, 0) is 29.5 Å². The number of carbonyl (C=O) groups is 4. The lowest BCUT2D eigenvalue weighted by atomic mass is 9.33. The first-order chi connectivity index (χ1) is 26.0. The molecule has 0 aromatic heterocycles. The largest absolute Gasteiger partial charge is 0.481 e. The van der Waals surface area contributed by atoms with Crippen molar-refractivity contribution in [2.24, 2.45) is 56.2 Å². The SMILES string of the molecule is C/C(=C\[C@@]12CC[C@]3(C)[C@H](CC[C@@H]4[C@@]5(C)CC[C@H](OC(=O)CC(C)(C)C(=O)O)C(C)(C)C5CC[C@]43C)C1=C(C(C)C)C(=O)C2)C(=O)NC1(c2ccc(Cl)cc2)CC1. The Hall–Kier alpha value is -2.93. The van der Waals surface area contributed by atoms with Crippen LogP contribution in [0.1, 0.15) is 152 Å². The quantitative estimate of drug-likeness (QED) is 0.190. The summed E-state index contributed by atoms with van der Waals surface area (Å²) in [4.78, 5) is 53.1. The number of allylic oxidation sites excluding steroid dienone is 3. The van der Waals surface area contributed by atoms with E-state index in [0.717, 1.165) is 75.3 Å². The predicted octanol–water partition coefficient (Wildman–Crippen LogP) is 10.8. The van der Waals surface area contributed by atoms with Gasteiger partial charge in [0.2, 0.25) is 5.91 Å². The van der Waals surface area contributed by atoms with Crippen LogP contribution in [0, 0.1) is 56.2 Å². The minimum atomic E-state index is -1.17. The third-order valence-electron chi connectivity index (χ3n) is 17.2. The average Bonchev–Trinajstić information content (AvgIpc) is 3.81. The van der Waals surface area contributed by atoms with Crippen LogP contribution in [0.2, 0.25) is 5.02 Å². The highest BCUT2D eigenvalue weighted by Gasteiger charge is 2.70. The number of esters is 1. The zero-order valence-electron chi connectivity index (χ0n) is 35.6. The first kappa shape index (κ1) is 41.2. The molecule has 7 rings (SSSR count). The van der Waals surface area contributed by atoms with Crippen LogP contribution in [0.3, 0.4) is 0 Å². The topological polar surface area (TPSA) is 110 Å². The van der Waals surface area contributed by atoms with Crippen molar-refractivity contribution >= 4 is 35.2 Å². The van der Waals surface area contributed by atoms with Crippen molar-refractivity contribution in [2.45, 2.75) is 158 Å². The zero-order chi connectivity index (χ0) is 41.0. The van der Waals surface area contributed by atoms with Crippen LogP contribution < -0.4 is 5.32 Å². The lowest BCUT2D eigenvalue weighted by molar-refractivity contribution is -0.232. The Morgan fingerprint density at radius 3 is 2.18 bits per heavy atom. The summed E-state index contributed by atoms with van der Waals surface area (Å²) in [7, 11) is 0. The number of aliphatic carboxylic acids is 1. The number of Topliss-reactive ketones (excluding diaryl/α,β-unsaturated/α-hetero) is 1. The summed E-state index contributed by atoms with van der Waals surface area (Å²) in [6.07, 6.45) is 11.9. The Morgan fingerprint density at radius 1 is 0.911 bits per heavy atom. The van der Waals surface area contributed by atoms with E-state index in [-0.39, 0.29) is 63.2 Å². The highest BCUT2D eigenvalue weighted by Crippen LogP contribution is 2.77. The third-order valence-corrected chi connectivity index (χ3v) is 17.5. The number of hydrogen-bond acceptors (Lipinski definition) is 5. The summed E-state index contributed by atoms with van der Waals surface area (Å²) in [5, 5.41) is 13.7. The smallest absolute Gasteiger partial charge is 0.309 e. The molecule has 1 aromatic rings. The van der Waals surface area contributed by atoms with E-state index in [1.54, 1.807) is 13.8 Å². The van der Waals surface area contributed by atoms with Crippen LogP contribution in [0.15, 0.2) is 47.1 Å². The second-order valence-corrected chi connectivity index (χ2v) is 21.9. The van der Waals surface area contributed by atoms with E-state index in [4.69, 9.17) is 16.3 Å². The van der Waals surface area contributed by atoms with Crippen molar-refractivity contribution in [1.82, 2.24) is 5.32 Å². The number of ketones is 1. The Kier molecular flexibility index (Phi) is 9.99. The van der Waals surface area contributed by atoms with Crippen molar-refractivity contribution in [1.29, 1.82) is 0 Å². The molecular formula is C48H66ClNO6. The summed E-state index contributed by atoms with van der Waals surface area (Å²) < 4.78 is 6.18. The maximum atomic E-state index is 14.2. The summed E-state index contributed by atoms with van der Waals surface area (Å²) in [6, 6.07) is 7.80. The fraction of sp³-hybridized carbons (Fsp3) is 0.708. The molecule has 8 heteroatoms. The van der Waals surface area contributed by atoms with Crippen molar-refractivity contribution < 1.29 is 29.0 Å². The van der Waals surface area contributed by atoms with Crippen molar-refractivity contribution in [2.75, 3.05) is 0 Å². The molecule has 0 heterocycles. The van der Waals surface area contributed by atoms with Gasteiger partial charge in [-0.1, -0.05) is 78.3 Å². The standard InChI is InChI=1S/C48H66ClNO6/c1-28(2)38-33(51)26-47(25-29(3)40(53)50-48(23-24-48)30-11-13-31(49)14-12-30)22-21-45(9)32(39(38)47)15-16-35-44(8)19-18-36(56-37(52)27-42(4,5)41(54)55)43(6,7)34(44)17-20-46(35,45)10/h11-14,25,28,32,34-36H,15-24,26-27H2,1-10H3,(H,50,53)(H,54,55)/b29-25+/t32-,34?,35-,36+,44+,45-,46-,47-/m1/s1. The number of nitrogens with one attached hydrogen (secondary N) is 1. The Bertz CT molecular complexity index is 1890. The minimum Gasteiger partial charge on any atom is -0.481 e. The number of carboxylic acid groups (broad SMARTS) is 1. The van der Waals surface area contributed by atoms with Gasteiger partial charge in [0, 0.05) is 27.8 Å². The number of halogens is 1. The number of carbonyl (C=O) groups excluding carboxylic acids is 3. The second kappa shape index (κ2) is 13.6. The summed E-state index contributed by atoms with van der Waals surface area (Å²) in [5.41, 5.74) is 2.00. The first-order valence-electron chi connectivity index (χ1n) is 21.5. The molecule has 1 aromatic carbocycles. The first-order valence-corrected chi connectivity index (χ1v) is 21.8. The zero-order valence-corrected chi connectivity index (χ0v) is 36.4. The van der Waals surface area contributed by atoms with Gasteiger partial charge in [-0.2, -0.15) is 0 Å². The molecular weight excluding hydrogens is 722 g/mol. The van der Waals surface area contributed by atoms with Crippen LogP contribution in [0.4, 0.5) is 0 Å². The second-order valence-electron chi connectivity index (χ2n) is 21.4. The molecule has 2 N–H and O–H groups in total. The fourth-order valence-corrected chi connectivity index (χ4v) is 14.0. The van der Waals surface area contributed by atoms with Crippen LogP contribution in [0.5, 0.6) is 0 Å². The molecule has 0 aliphatic heterocycles. The molecule has 1 amide bonds. The average molecular weight is 789 g/mol. The molecule has 0 radical (unpaired) electrons. The number of amides is 1. The summed E-state index contributed by atoms with van der Waals surface area (Å²) in [5.74, 6) is 0.00816. The van der Waals surface area contributed by atoms with Gasteiger partial charge in [-0.05, 0) is 154 Å². The van der Waals surface area contributed by atoms with E-state index in [0.29, 0.717) is 28.9 Å². The lowest BCUT2D eigenvalue weighted by Gasteiger charge is -2.72. The predicted molar refractivity (Wildman–Crippen MR) is 220 cm³/mol. The van der Waals surface area contributed by atoms with E-state index in [9.17, 15) is 24.3 Å². The van der Waals surface area contributed by atoms with Gasteiger partial charge in [0.05, 0.1) is 17.4 Å². The fourth-order valence-electron chi connectivity index (χ4n) is 13.8. The van der Waals surface area contributed by atoms with Gasteiger partial charge in [0.1, 0.15) is 6.10 Å². The van der Waals surface area contributed by atoms with Crippen LogP contribution >= 0.6 is 11.6 Å². The molecule has 6 aliphatic carbocycles. The molecule has 1 unspecified atom stereocenters. The normalized spacial score (nSPS) is 37.2. The third kappa shape index (κ3) is 6.25. The minimum absolute atomic E-state index is 0.0139. The van der Waals surface area contributed by atoms with E-state index in [1.165, 1.54) is 5.57 Å². The number of ether oxygens (including phenoxy) is 1. The molecule has 5 fully saturated rings. The van der Waals surface area contributed by atoms with Gasteiger partial charge in [0.15, 0.2) is 5.78 Å². The van der Waals surface area contributed by atoms with Crippen molar-refractivity contribution in [3.05, 3.63) is 57.6 Å². The van der Waals surface area contributed by atoms with E-state index < -0.39 is 22.8 Å². The highest BCUT2D eigenvalue weighted by atomic mass is 35.5. The molecule has 7 nitrogen and oxygen atoms in total. The van der Waals surface area contributed by atoms with Gasteiger partial charge < -0.3 is 15.2 Å². The van der Waals surface area contributed by atoms with Crippen molar-refractivity contribution in [3.8, 4) is 0 Å². The monoisotopic (exact) mass is 787 g/mol. The summed E-state index contributed by atoms with van der Waals surface area (Å²) in [6.45, 7) is 21.6. The Labute approximate surface area is 340 Å². The number of rotatable bonds is 9. The lowest BCUT2D eigenvalue weighted by Crippen LogP contribution is -2.65. The van der Waals surface area contributed by atoms with E-state index in [2.05, 4.69) is 59.9 Å². The number of hydrogen-bond donors (Lipinski definition) is 2. The molecule has 0 saturated heterocycles. The van der Waals surface area contributed by atoms with Gasteiger partial charge in [-0.25, -0.2) is 0 Å². The maximum absolute atomic E-state index is 14.2. The Balaban J connectivity index is 1.16. The highest BCUT2D eigenvalue weighted by molar-refractivity contribution is 6.30. The van der Waals surface area contributed by atoms with Crippen LogP contribution in [0.25, 0.3) is 0 Å². The molecule has 0 bridgehead atoms. The molecule has 306 valence electrons. The maximum Gasteiger partial charge on any atom is 0.309 e. The van der Waals surface area contributed by atoms with E-state index >= 15 is 0 Å². The number of carboxylic acids is 1. The van der Waals surface area contributed by atoms with Gasteiger partial charge in [-0.15, -0.1) is 0 Å². The molecule has 5 saturated carbocycles. The van der Waals surface area contributed by atoms with Gasteiger partial charge in [-0.3, -0.25) is 19.2 Å². The molecule has 0 spiro atoms. The van der Waals surface area contributed by atoms with E-state index in [1.807, 2.05) is 31.2 Å². The number of benzene rings is 1.